The lowest BCUT2D eigenvalue weighted by atomic mass is 10.4. The molecule has 15 heavy (non-hydrogen) atoms. The number of nitrogens with zero attached hydrogens (tertiary/aromatic N) is 2. The first-order chi connectivity index (χ1) is 7.08. The maximum atomic E-state index is 10.8. The van der Waals surface area contributed by atoms with Crippen LogP contribution in [0, 0.1) is 13.8 Å². The molecule has 1 atom stereocenters. The summed E-state index contributed by atoms with van der Waals surface area (Å²) >= 11 is 0. The van der Waals surface area contributed by atoms with Gasteiger partial charge in [0.05, 0.1) is 0 Å². The molecule has 0 amide bonds. The molecule has 1 unspecified atom stereocenters. The molecule has 4 nitrogen and oxygen atoms in total. The summed E-state index contributed by atoms with van der Waals surface area (Å²) in [4.78, 5) is 8.44. The minimum absolute atomic E-state index is 0.705. The van der Waals surface area contributed by atoms with Crippen molar-refractivity contribution < 1.29 is 4.21 Å². The van der Waals surface area contributed by atoms with Gasteiger partial charge < -0.3 is 5.32 Å². The molecular formula is C10H17N3OS. The summed E-state index contributed by atoms with van der Waals surface area (Å²) in [7, 11) is -0.705. The van der Waals surface area contributed by atoms with E-state index < -0.39 is 10.8 Å². The quantitative estimate of drug-likeness (QED) is 0.770. The molecule has 0 aliphatic carbocycles. The Labute approximate surface area is 93.0 Å². The number of hydrogen-bond donors (Lipinski definition) is 1. The van der Waals surface area contributed by atoms with Gasteiger partial charge in [-0.25, -0.2) is 9.97 Å². The van der Waals surface area contributed by atoms with Gasteiger partial charge in [-0.3, -0.25) is 4.21 Å². The van der Waals surface area contributed by atoms with Gasteiger partial charge in [0, 0.05) is 41.1 Å². The average molecular weight is 227 g/mol. The van der Waals surface area contributed by atoms with Crippen molar-refractivity contribution in [3.8, 4) is 0 Å². The number of hydrogen-bond acceptors (Lipinski definition) is 4. The van der Waals surface area contributed by atoms with Crippen molar-refractivity contribution in [2.75, 3.05) is 23.9 Å². The highest BCUT2D eigenvalue weighted by atomic mass is 32.2. The van der Waals surface area contributed by atoms with E-state index in [2.05, 4.69) is 15.3 Å². The van der Waals surface area contributed by atoms with Crippen LogP contribution in [0.1, 0.15) is 17.9 Å². The van der Waals surface area contributed by atoms with E-state index in [0.29, 0.717) is 0 Å². The van der Waals surface area contributed by atoms with Crippen molar-refractivity contribution in [3.05, 3.63) is 17.6 Å². The Bertz CT molecular complexity index is 334. The first-order valence-electron chi connectivity index (χ1n) is 4.94. The Morgan fingerprint density at radius 1 is 1.40 bits per heavy atom. The van der Waals surface area contributed by atoms with Crippen LogP contribution in [0.3, 0.4) is 0 Å². The van der Waals surface area contributed by atoms with Crippen LogP contribution in [-0.2, 0) is 10.8 Å². The summed E-state index contributed by atoms with van der Waals surface area (Å²) in [6, 6.07) is 1.91. The number of nitrogens with one attached hydrogen (secondary N) is 1. The van der Waals surface area contributed by atoms with Crippen LogP contribution >= 0.6 is 0 Å². The molecule has 0 aliphatic heterocycles. The fourth-order valence-electron chi connectivity index (χ4n) is 1.30. The van der Waals surface area contributed by atoms with Gasteiger partial charge in [0.2, 0.25) is 0 Å². The van der Waals surface area contributed by atoms with Crippen LogP contribution in [0.15, 0.2) is 6.07 Å². The van der Waals surface area contributed by atoms with Crippen molar-refractivity contribution >= 4 is 16.6 Å². The van der Waals surface area contributed by atoms with Crippen LogP contribution in [0.4, 0.5) is 5.82 Å². The lowest BCUT2D eigenvalue weighted by molar-refractivity contribution is 0.685. The zero-order valence-corrected chi connectivity index (χ0v) is 10.2. The summed E-state index contributed by atoms with van der Waals surface area (Å²) < 4.78 is 10.8. The van der Waals surface area contributed by atoms with Crippen molar-refractivity contribution in [2.45, 2.75) is 20.3 Å². The molecule has 0 saturated heterocycles. The van der Waals surface area contributed by atoms with E-state index in [4.69, 9.17) is 0 Å². The number of aryl methyl sites for hydroxylation is 2. The zero-order valence-electron chi connectivity index (χ0n) is 9.41. The third-order valence-corrected chi connectivity index (χ3v) is 2.74. The molecule has 1 rings (SSSR count). The van der Waals surface area contributed by atoms with Crippen LogP contribution in [0.5, 0.6) is 0 Å². The Morgan fingerprint density at radius 3 is 2.73 bits per heavy atom. The van der Waals surface area contributed by atoms with Gasteiger partial charge in [-0.1, -0.05) is 0 Å². The Hall–Kier alpha value is -0.970. The van der Waals surface area contributed by atoms with Crippen LogP contribution in [-0.4, -0.2) is 32.7 Å². The van der Waals surface area contributed by atoms with E-state index in [0.717, 1.165) is 36.1 Å². The van der Waals surface area contributed by atoms with E-state index in [-0.39, 0.29) is 0 Å². The molecule has 0 aliphatic rings. The molecule has 0 saturated carbocycles. The summed E-state index contributed by atoms with van der Waals surface area (Å²) in [5.41, 5.74) is 0.962. The van der Waals surface area contributed by atoms with Crippen LogP contribution in [0.25, 0.3) is 0 Å². The van der Waals surface area contributed by atoms with Gasteiger partial charge in [-0.05, 0) is 20.3 Å². The van der Waals surface area contributed by atoms with Crippen molar-refractivity contribution in [3.63, 3.8) is 0 Å². The van der Waals surface area contributed by atoms with Gasteiger partial charge in [0.25, 0.3) is 0 Å². The van der Waals surface area contributed by atoms with Crippen molar-refractivity contribution in [1.82, 2.24) is 9.97 Å². The number of rotatable bonds is 5. The van der Waals surface area contributed by atoms with E-state index in [9.17, 15) is 4.21 Å². The maximum absolute atomic E-state index is 10.8. The summed E-state index contributed by atoms with van der Waals surface area (Å²) in [6.45, 7) is 4.62. The fraction of sp³-hybridized carbons (Fsp3) is 0.600. The highest BCUT2D eigenvalue weighted by Crippen LogP contribution is 2.05. The predicted molar refractivity (Wildman–Crippen MR) is 63.5 cm³/mol. The smallest absolute Gasteiger partial charge is 0.129 e. The maximum Gasteiger partial charge on any atom is 0.129 e. The van der Waals surface area contributed by atoms with E-state index in [1.807, 2.05) is 19.9 Å². The second-order valence-corrected chi connectivity index (χ2v) is 5.05. The SMILES string of the molecule is Cc1cc(NCCCS(C)=O)nc(C)n1. The summed E-state index contributed by atoms with van der Waals surface area (Å²) in [6.07, 6.45) is 2.62. The average Bonchev–Trinajstić information content (AvgIpc) is 2.10. The number of aromatic nitrogens is 2. The van der Waals surface area contributed by atoms with Crippen molar-refractivity contribution in [1.29, 1.82) is 0 Å². The topological polar surface area (TPSA) is 54.9 Å². The molecule has 5 heteroatoms. The van der Waals surface area contributed by atoms with Gasteiger partial charge in [-0.15, -0.1) is 0 Å². The second kappa shape index (κ2) is 5.80. The molecule has 1 aromatic heterocycles. The van der Waals surface area contributed by atoms with Gasteiger partial charge >= 0.3 is 0 Å². The standard InChI is InChI=1S/C10H17N3OS/c1-8-7-10(13-9(2)12-8)11-5-4-6-15(3)14/h7H,4-6H2,1-3H3,(H,11,12,13). The Kier molecular flexibility index (Phi) is 4.68. The first kappa shape index (κ1) is 12.1. The molecule has 1 N–H and O–H groups in total. The normalized spacial score (nSPS) is 12.5. The van der Waals surface area contributed by atoms with Gasteiger partial charge in [-0.2, -0.15) is 0 Å². The lowest BCUT2D eigenvalue weighted by Crippen LogP contribution is -2.08. The van der Waals surface area contributed by atoms with Gasteiger partial charge in [0.1, 0.15) is 11.6 Å². The molecule has 0 radical (unpaired) electrons. The molecular weight excluding hydrogens is 210 g/mol. The molecule has 0 bridgehead atoms. The molecule has 1 heterocycles. The summed E-state index contributed by atoms with van der Waals surface area (Å²) in [5.74, 6) is 2.36. The third-order valence-electron chi connectivity index (χ3n) is 1.88. The molecule has 84 valence electrons. The monoisotopic (exact) mass is 227 g/mol. The molecule has 1 aromatic rings. The number of anilines is 1. The van der Waals surface area contributed by atoms with Crippen molar-refractivity contribution in [2.24, 2.45) is 0 Å². The minimum Gasteiger partial charge on any atom is -0.370 e. The molecule has 0 fully saturated rings. The Morgan fingerprint density at radius 2 is 2.13 bits per heavy atom. The third kappa shape index (κ3) is 4.88. The zero-order chi connectivity index (χ0) is 11.3. The Balaban J connectivity index is 2.40. The largest absolute Gasteiger partial charge is 0.370 e. The minimum atomic E-state index is -0.705. The van der Waals surface area contributed by atoms with E-state index >= 15 is 0 Å². The van der Waals surface area contributed by atoms with Crippen LogP contribution < -0.4 is 5.32 Å². The fourth-order valence-corrected chi connectivity index (χ4v) is 1.85. The predicted octanol–water partition coefficient (Wildman–Crippen LogP) is 1.27. The van der Waals surface area contributed by atoms with E-state index in [1.165, 1.54) is 0 Å². The first-order valence-corrected chi connectivity index (χ1v) is 6.67. The lowest BCUT2D eigenvalue weighted by Gasteiger charge is -2.06. The highest BCUT2D eigenvalue weighted by Gasteiger charge is 1.98. The highest BCUT2D eigenvalue weighted by molar-refractivity contribution is 7.84. The molecule has 0 aromatic carbocycles. The van der Waals surface area contributed by atoms with Crippen LogP contribution in [0.2, 0.25) is 0 Å². The van der Waals surface area contributed by atoms with E-state index in [1.54, 1.807) is 6.26 Å². The molecule has 0 spiro atoms. The van der Waals surface area contributed by atoms with Gasteiger partial charge in [0.15, 0.2) is 0 Å². The summed E-state index contributed by atoms with van der Waals surface area (Å²) in [5, 5.41) is 3.20. The second-order valence-electron chi connectivity index (χ2n) is 3.50.